The van der Waals surface area contributed by atoms with Crippen molar-refractivity contribution in [3.05, 3.63) is 11.6 Å². The zero-order chi connectivity index (χ0) is 25.0. The molecule has 5 rings (SSSR count). The van der Waals surface area contributed by atoms with Crippen molar-refractivity contribution in [3.63, 3.8) is 0 Å². The summed E-state index contributed by atoms with van der Waals surface area (Å²) in [6.45, 7) is 13.0. The van der Waals surface area contributed by atoms with E-state index in [1.807, 2.05) is 6.08 Å². The molecule has 1 amide bonds. The summed E-state index contributed by atoms with van der Waals surface area (Å²) < 4.78 is 0. The van der Waals surface area contributed by atoms with Gasteiger partial charge in [0.05, 0.1) is 5.71 Å². The van der Waals surface area contributed by atoms with E-state index in [0.29, 0.717) is 42.5 Å². The predicted octanol–water partition coefficient (Wildman–Crippen LogP) is 5.62. The average Bonchev–Trinajstić information content (AvgIpc) is 3.35. The lowest BCUT2D eigenvalue weighted by Gasteiger charge is -2.58. The van der Waals surface area contributed by atoms with Crippen molar-refractivity contribution in [3.8, 4) is 0 Å². The maximum Gasteiger partial charge on any atom is 0.433 e. The quantitative estimate of drug-likeness (QED) is 0.309. The topological polar surface area (TPSA) is 79.8 Å². The summed E-state index contributed by atoms with van der Waals surface area (Å²) in [6.07, 6.45) is 11.4. The van der Waals surface area contributed by atoms with Crippen LogP contribution in [0.25, 0.3) is 0 Å². The van der Waals surface area contributed by atoms with Crippen LogP contribution >= 0.6 is 0 Å². The van der Waals surface area contributed by atoms with Crippen molar-refractivity contribution in [2.75, 3.05) is 13.1 Å². The highest BCUT2D eigenvalue weighted by atomic mass is 16.7. The van der Waals surface area contributed by atoms with E-state index in [0.717, 1.165) is 43.9 Å². The van der Waals surface area contributed by atoms with E-state index < -0.39 is 6.09 Å². The van der Waals surface area contributed by atoms with Crippen LogP contribution in [0, 0.1) is 39.9 Å². The standard InChI is InChI=1S/C29H45N3O3/c1-18(32-35-26(34)30-16-20-15-27(2,3)17-31-20)23-8-9-24-22-7-6-19-14-21(33)10-12-28(19,4)25(22)11-13-29(23,24)5/h14,20,22-25,31H,6-13,15-17H2,1-5H3,(H,30,34)/b32-18+/t20?,22-,23+,24-,25-,28-,29+/m0/s1. The third kappa shape index (κ3) is 4.49. The summed E-state index contributed by atoms with van der Waals surface area (Å²) >= 11 is 0. The number of nitrogens with one attached hydrogen (secondary N) is 2. The number of amides is 1. The van der Waals surface area contributed by atoms with Crippen LogP contribution in [0.5, 0.6) is 0 Å². The van der Waals surface area contributed by atoms with E-state index >= 15 is 0 Å². The molecule has 35 heavy (non-hydrogen) atoms. The Bertz CT molecular complexity index is 939. The maximum absolute atomic E-state index is 12.3. The zero-order valence-corrected chi connectivity index (χ0v) is 22.4. The number of ketones is 1. The van der Waals surface area contributed by atoms with Crippen LogP contribution in [0.1, 0.15) is 92.4 Å². The Kier molecular flexibility index (Phi) is 6.43. The molecule has 0 bridgehead atoms. The van der Waals surface area contributed by atoms with E-state index in [1.165, 1.54) is 31.3 Å². The van der Waals surface area contributed by atoms with E-state index in [2.05, 4.69) is 50.4 Å². The molecule has 5 aliphatic rings. The Morgan fingerprint density at radius 2 is 1.91 bits per heavy atom. The third-order valence-electron chi connectivity index (χ3n) is 10.9. The molecule has 6 heteroatoms. The fraction of sp³-hybridized carbons (Fsp3) is 0.828. The molecule has 4 aliphatic carbocycles. The third-order valence-corrected chi connectivity index (χ3v) is 10.9. The SMILES string of the molecule is C/C(=N\OC(=O)NCC1CC(C)(C)CN1)[C@H]1CC[C@H]2[C@@H]3CCC4=CC(=O)CC[C@]4(C)[C@H]3CC[C@]12C. The highest BCUT2D eigenvalue weighted by molar-refractivity contribution is 5.91. The van der Waals surface area contributed by atoms with Crippen LogP contribution in [-0.4, -0.2) is 36.7 Å². The van der Waals surface area contributed by atoms with Crippen LogP contribution < -0.4 is 10.6 Å². The fourth-order valence-electron chi connectivity index (χ4n) is 9.04. The number of allylic oxidation sites excluding steroid dienone is 1. The van der Waals surface area contributed by atoms with Crippen molar-refractivity contribution < 1.29 is 14.4 Å². The highest BCUT2D eigenvalue weighted by Crippen LogP contribution is 2.66. The second-order valence-corrected chi connectivity index (χ2v) is 13.6. The number of rotatable bonds is 4. The summed E-state index contributed by atoms with van der Waals surface area (Å²) in [4.78, 5) is 29.7. The van der Waals surface area contributed by atoms with Gasteiger partial charge in [0.2, 0.25) is 0 Å². The Morgan fingerprint density at radius 1 is 1.11 bits per heavy atom. The molecule has 3 saturated carbocycles. The lowest BCUT2D eigenvalue weighted by atomic mass is 9.46. The number of fused-ring (bicyclic) bond motifs is 5. The van der Waals surface area contributed by atoms with Crippen molar-refractivity contribution >= 4 is 17.6 Å². The van der Waals surface area contributed by atoms with Gasteiger partial charge in [-0.15, -0.1) is 0 Å². The lowest BCUT2D eigenvalue weighted by Crippen LogP contribution is -2.51. The normalized spacial score (nSPS) is 42.5. The van der Waals surface area contributed by atoms with Gasteiger partial charge in [-0.1, -0.05) is 38.4 Å². The van der Waals surface area contributed by atoms with E-state index in [-0.39, 0.29) is 16.2 Å². The first-order chi connectivity index (χ1) is 16.5. The van der Waals surface area contributed by atoms with Gasteiger partial charge in [-0.2, -0.15) is 0 Å². The second-order valence-electron chi connectivity index (χ2n) is 13.6. The number of carbonyl (C=O) groups excluding carboxylic acids is 2. The van der Waals surface area contributed by atoms with Gasteiger partial charge in [0.15, 0.2) is 5.78 Å². The number of oxime groups is 1. The molecule has 0 aromatic heterocycles. The molecule has 0 spiro atoms. The molecule has 1 saturated heterocycles. The molecule has 6 nitrogen and oxygen atoms in total. The Balaban J connectivity index is 1.21. The minimum absolute atomic E-state index is 0.212. The zero-order valence-electron chi connectivity index (χ0n) is 22.4. The largest absolute Gasteiger partial charge is 0.433 e. The average molecular weight is 484 g/mol. The van der Waals surface area contributed by atoms with Crippen LogP contribution in [0.4, 0.5) is 4.79 Å². The minimum atomic E-state index is -0.453. The summed E-state index contributed by atoms with van der Waals surface area (Å²) in [7, 11) is 0. The van der Waals surface area contributed by atoms with Crippen LogP contribution in [-0.2, 0) is 9.63 Å². The first-order valence-electron chi connectivity index (χ1n) is 14.0. The Hall–Kier alpha value is -1.69. The Morgan fingerprint density at radius 3 is 2.66 bits per heavy atom. The number of hydrogen-bond donors (Lipinski definition) is 2. The van der Waals surface area contributed by atoms with Crippen LogP contribution in [0.15, 0.2) is 16.8 Å². The molecular formula is C29H45N3O3. The molecule has 0 aromatic carbocycles. The van der Waals surface area contributed by atoms with Gasteiger partial charge >= 0.3 is 6.09 Å². The van der Waals surface area contributed by atoms with Crippen molar-refractivity contribution in [2.24, 2.45) is 45.1 Å². The van der Waals surface area contributed by atoms with Crippen molar-refractivity contribution in [1.29, 1.82) is 0 Å². The minimum Gasteiger partial charge on any atom is -0.318 e. The van der Waals surface area contributed by atoms with Gasteiger partial charge in [-0.05, 0) is 98.4 Å². The van der Waals surface area contributed by atoms with Gasteiger partial charge in [0, 0.05) is 31.5 Å². The van der Waals surface area contributed by atoms with E-state index in [4.69, 9.17) is 4.84 Å². The summed E-state index contributed by atoms with van der Waals surface area (Å²) in [5.41, 5.74) is 3.11. The lowest BCUT2D eigenvalue weighted by molar-refractivity contribution is -0.117. The molecule has 1 aliphatic heterocycles. The maximum atomic E-state index is 12.3. The van der Waals surface area contributed by atoms with Crippen LogP contribution in [0.3, 0.4) is 0 Å². The molecular weight excluding hydrogens is 438 g/mol. The smallest absolute Gasteiger partial charge is 0.318 e. The van der Waals surface area contributed by atoms with Crippen molar-refractivity contribution in [1.82, 2.24) is 10.6 Å². The molecule has 0 radical (unpaired) electrons. The monoisotopic (exact) mass is 483 g/mol. The van der Waals surface area contributed by atoms with Crippen LogP contribution in [0.2, 0.25) is 0 Å². The molecule has 2 N–H and O–H groups in total. The molecule has 1 unspecified atom stereocenters. The highest BCUT2D eigenvalue weighted by Gasteiger charge is 2.59. The number of nitrogens with zero attached hydrogens (tertiary/aromatic N) is 1. The number of hydrogen-bond acceptors (Lipinski definition) is 5. The molecule has 4 fully saturated rings. The van der Waals surface area contributed by atoms with Gasteiger partial charge in [-0.25, -0.2) is 4.79 Å². The van der Waals surface area contributed by atoms with Gasteiger partial charge < -0.3 is 10.6 Å². The summed E-state index contributed by atoms with van der Waals surface area (Å²) in [5, 5.41) is 10.7. The van der Waals surface area contributed by atoms with Crippen molar-refractivity contribution in [2.45, 2.75) is 98.4 Å². The predicted molar refractivity (Wildman–Crippen MR) is 138 cm³/mol. The molecule has 7 atom stereocenters. The van der Waals surface area contributed by atoms with Gasteiger partial charge in [-0.3, -0.25) is 9.63 Å². The summed E-state index contributed by atoms with van der Waals surface area (Å²) in [6, 6.07) is 0.294. The fourth-order valence-corrected chi connectivity index (χ4v) is 9.04. The van der Waals surface area contributed by atoms with E-state index in [1.54, 1.807) is 0 Å². The number of carbonyl (C=O) groups is 2. The van der Waals surface area contributed by atoms with E-state index in [9.17, 15) is 9.59 Å². The molecule has 0 aromatic rings. The summed E-state index contributed by atoms with van der Waals surface area (Å²) in [5.74, 6) is 2.82. The Labute approximate surface area is 211 Å². The first kappa shape index (κ1) is 25.0. The molecule has 194 valence electrons. The van der Waals surface area contributed by atoms with Gasteiger partial charge in [0.1, 0.15) is 0 Å². The second kappa shape index (κ2) is 9.00. The first-order valence-corrected chi connectivity index (χ1v) is 14.0. The van der Waals surface area contributed by atoms with Gasteiger partial charge in [0.25, 0.3) is 0 Å². The molecule has 1 heterocycles.